The smallest absolute Gasteiger partial charge is 0.319 e. The van der Waals surface area contributed by atoms with Crippen molar-refractivity contribution in [1.82, 2.24) is 9.80 Å². The second-order valence-corrected chi connectivity index (χ2v) is 5.18. The predicted molar refractivity (Wildman–Crippen MR) is 62.6 cm³/mol. The lowest BCUT2D eigenvalue weighted by Crippen LogP contribution is -2.55. The monoisotopic (exact) mass is 240 g/mol. The molecule has 1 saturated carbocycles. The Bertz CT molecular complexity index is 339. The molecular formula is C12H20N2O3. The number of piperazine rings is 1. The number of aliphatic carboxylic acids is 1. The van der Waals surface area contributed by atoms with Crippen LogP contribution in [-0.2, 0) is 9.59 Å². The van der Waals surface area contributed by atoms with E-state index in [-0.39, 0.29) is 5.91 Å². The zero-order chi connectivity index (χ0) is 12.6. The quantitative estimate of drug-likeness (QED) is 0.726. The maximum absolute atomic E-state index is 12.2. The molecule has 1 aliphatic carbocycles. The van der Waals surface area contributed by atoms with E-state index < -0.39 is 11.4 Å². The average Bonchev–Trinajstić information content (AvgIpc) is 3.10. The fraction of sp³-hybridized carbons (Fsp3) is 0.833. The highest BCUT2D eigenvalue weighted by molar-refractivity contribution is 6.04. The summed E-state index contributed by atoms with van der Waals surface area (Å²) < 4.78 is 0. The molecule has 2 rings (SSSR count). The van der Waals surface area contributed by atoms with E-state index in [1.54, 1.807) is 4.90 Å². The van der Waals surface area contributed by atoms with Gasteiger partial charge in [0, 0.05) is 25.7 Å². The number of nitrogens with zero attached hydrogens (tertiary/aromatic N) is 2. The summed E-state index contributed by atoms with van der Waals surface area (Å²) in [6.45, 7) is 4.25. The first kappa shape index (κ1) is 12.4. The van der Waals surface area contributed by atoms with Crippen LogP contribution in [0, 0.1) is 5.41 Å². The Hall–Kier alpha value is -1.10. The lowest BCUT2D eigenvalue weighted by Gasteiger charge is -2.40. The molecule has 0 aromatic rings. The van der Waals surface area contributed by atoms with Crippen LogP contribution in [-0.4, -0.2) is 59.5 Å². The van der Waals surface area contributed by atoms with E-state index >= 15 is 0 Å². The number of amides is 1. The molecule has 0 spiro atoms. The van der Waals surface area contributed by atoms with Crippen molar-refractivity contribution in [1.29, 1.82) is 0 Å². The molecule has 2 aliphatic rings. The first-order chi connectivity index (χ1) is 8.01. The van der Waals surface area contributed by atoms with Gasteiger partial charge in [0.05, 0.1) is 0 Å². The fourth-order valence-electron chi connectivity index (χ4n) is 2.52. The van der Waals surface area contributed by atoms with Crippen LogP contribution < -0.4 is 0 Å². The van der Waals surface area contributed by atoms with Crippen LogP contribution in [0.4, 0.5) is 0 Å². The van der Waals surface area contributed by atoms with Gasteiger partial charge < -0.3 is 10.0 Å². The lowest BCUT2D eigenvalue weighted by atomic mass is 10.0. The molecular weight excluding hydrogens is 220 g/mol. The van der Waals surface area contributed by atoms with Gasteiger partial charge >= 0.3 is 5.97 Å². The minimum Gasteiger partial charge on any atom is -0.480 e. The first-order valence-corrected chi connectivity index (χ1v) is 6.24. The summed E-state index contributed by atoms with van der Waals surface area (Å²) in [6, 6.07) is 0.359. The van der Waals surface area contributed by atoms with Crippen LogP contribution in [0.25, 0.3) is 0 Å². The van der Waals surface area contributed by atoms with E-state index in [0.717, 1.165) is 13.0 Å². The summed E-state index contributed by atoms with van der Waals surface area (Å²) in [5, 5.41) is 9.12. The molecule has 1 unspecified atom stereocenters. The second kappa shape index (κ2) is 4.29. The van der Waals surface area contributed by atoms with E-state index in [4.69, 9.17) is 5.11 Å². The van der Waals surface area contributed by atoms with Gasteiger partial charge in [-0.2, -0.15) is 0 Å². The fourth-order valence-corrected chi connectivity index (χ4v) is 2.52. The van der Waals surface area contributed by atoms with Crippen molar-refractivity contribution in [3.8, 4) is 0 Å². The molecule has 1 saturated heterocycles. The molecule has 0 bridgehead atoms. The SMILES string of the molecule is CCC1CN(C(=O)C2(C(=O)O)CC2)CCN1C. The molecule has 1 amide bonds. The van der Waals surface area contributed by atoms with E-state index in [9.17, 15) is 9.59 Å². The number of hydrogen-bond acceptors (Lipinski definition) is 3. The van der Waals surface area contributed by atoms with Crippen LogP contribution in [0.3, 0.4) is 0 Å². The summed E-state index contributed by atoms with van der Waals surface area (Å²) in [7, 11) is 2.06. The van der Waals surface area contributed by atoms with Crippen LogP contribution in [0.1, 0.15) is 26.2 Å². The minimum absolute atomic E-state index is 0.170. The van der Waals surface area contributed by atoms with Gasteiger partial charge in [0.2, 0.25) is 5.91 Å². The summed E-state index contributed by atoms with van der Waals surface area (Å²) in [5.74, 6) is -1.12. The van der Waals surface area contributed by atoms with Crippen molar-refractivity contribution in [2.45, 2.75) is 32.2 Å². The van der Waals surface area contributed by atoms with Gasteiger partial charge in [-0.05, 0) is 26.3 Å². The Morgan fingerprint density at radius 3 is 2.47 bits per heavy atom. The Morgan fingerprint density at radius 1 is 1.35 bits per heavy atom. The molecule has 1 N–H and O–H groups in total. The van der Waals surface area contributed by atoms with E-state index in [2.05, 4.69) is 18.9 Å². The number of carbonyl (C=O) groups is 2. The van der Waals surface area contributed by atoms with Crippen molar-refractivity contribution in [2.75, 3.05) is 26.7 Å². The number of rotatable bonds is 3. The van der Waals surface area contributed by atoms with Gasteiger partial charge in [-0.3, -0.25) is 14.5 Å². The number of likely N-dealkylation sites (N-methyl/N-ethyl adjacent to an activating group) is 1. The second-order valence-electron chi connectivity index (χ2n) is 5.18. The van der Waals surface area contributed by atoms with Crippen LogP contribution in [0.15, 0.2) is 0 Å². The third-order valence-electron chi connectivity index (χ3n) is 4.10. The van der Waals surface area contributed by atoms with Gasteiger partial charge in [-0.15, -0.1) is 0 Å². The number of carboxylic acids is 1. The summed E-state index contributed by atoms with van der Waals surface area (Å²) in [5.41, 5.74) is -1.08. The zero-order valence-electron chi connectivity index (χ0n) is 10.5. The van der Waals surface area contributed by atoms with Crippen molar-refractivity contribution >= 4 is 11.9 Å². The van der Waals surface area contributed by atoms with Crippen molar-refractivity contribution in [3.63, 3.8) is 0 Å². The molecule has 17 heavy (non-hydrogen) atoms. The van der Waals surface area contributed by atoms with E-state index in [1.165, 1.54) is 0 Å². The first-order valence-electron chi connectivity index (χ1n) is 6.24. The van der Waals surface area contributed by atoms with Crippen molar-refractivity contribution in [2.24, 2.45) is 5.41 Å². The Balaban J connectivity index is 2.04. The van der Waals surface area contributed by atoms with E-state index in [0.29, 0.717) is 32.0 Å². The molecule has 0 aromatic carbocycles. The highest BCUT2D eigenvalue weighted by Gasteiger charge is 2.58. The zero-order valence-corrected chi connectivity index (χ0v) is 10.5. The predicted octanol–water partition coefficient (Wildman–Crippen LogP) is 0.404. The Labute approximate surface area is 101 Å². The van der Waals surface area contributed by atoms with Crippen LogP contribution in [0.5, 0.6) is 0 Å². The summed E-state index contributed by atoms with van der Waals surface area (Å²) in [4.78, 5) is 27.3. The minimum atomic E-state index is -1.08. The third-order valence-corrected chi connectivity index (χ3v) is 4.10. The molecule has 1 atom stereocenters. The maximum Gasteiger partial charge on any atom is 0.319 e. The van der Waals surface area contributed by atoms with Crippen LogP contribution in [0.2, 0.25) is 0 Å². The molecule has 5 nitrogen and oxygen atoms in total. The maximum atomic E-state index is 12.2. The van der Waals surface area contributed by atoms with Gasteiger partial charge in [0.15, 0.2) is 0 Å². The van der Waals surface area contributed by atoms with Gasteiger partial charge in [0.1, 0.15) is 5.41 Å². The average molecular weight is 240 g/mol. The Morgan fingerprint density at radius 2 is 2.00 bits per heavy atom. The molecule has 0 aromatic heterocycles. The number of hydrogen-bond donors (Lipinski definition) is 1. The highest BCUT2D eigenvalue weighted by Crippen LogP contribution is 2.47. The van der Waals surface area contributed by atoms with Gasteiger partial charge in [-0.25, -0.2) is 0 Å². The van der Waals surface area contributed by atoms with Gasteiger partial charge in [-0.1, -0.05) is 6.92 Å². The lowest BCUT2D eigenvalue weighted by molar-refractivity contribution is -0.154. The molecule has 5 heteroatoms. The Kier molecular flexibility index (Phi) is 3.12. The molecule has 1 aliphatic heterocycles. The third kappa shape index (κ3) is 2.04. The summed E-state index contributed by atoms with van der Waals surface area (Å²) in [6.07, 6.45) is 1.99. The number of carboxylic acid groups (broad SMARTS) is 1. The molecule has 2 fully saturated rings. The highest BCUT2D eigenvalue weighted by atomic mass is 16.4. The topological polar surface area (TPSA) is 60.9 Å². The molecule has 0 radical (unpaired) electrons. The normalized spacial score (nSPS) is 27.9. The van der Waals surface area contributed by atoms with Crippen molar-refractivity contribution < 1.29 is 14.7 Å². The van der Waals surface area contributed by atoms with E-state index in [1.807, 2.05) is 0 Å². The largest absolute Gasteiger partial charge is 0.480 e. The van der Waals surface area contributed by atoms with Crippen LogP contribution >= 0.6 is 0 Å². The standard InChI is InChI=1S/C12H20N2O3/c1-3-9-8-14(7-6-13(9)2)10(15)12(4-5-12)11(16)17/h9H,3-8H2,1-2H3,(H,16,17). The van der Waals surface area contributed by atoms with Crippen molar-refractivity contribution in [3.05, 3.63) is 0 Å². The summed E-state index contributed by atoms with van der Waals surface area (Å²) >= 11 is 0. The van der Waals surface area contributed by atoms with Gasteiger partial charge in [0.25, 0.3) is 0 Å². The molecule has 96 valence electrons. The number of carbonyl (C=O) groups excluding carboxylic acids is 1. The molecule has 1 heterocycles.